The maximum Gasteiger partial charge on any atom is 0.244 e. The average molecular weight is 347 g/mol. The number of carbonyl (C=O) groups is 2. The van der Waals surface area contributed by atoms with Gasteiger partial charge in [-0.1, -0.05) is 5.21 Å². The van der Waals surface area contributed by atoms with E-state index in [0.29, 0.717) is 26.3 Å². The molecule has 4 rings (SSSR count). The van der Waals surface area contributed by atoms with Gasteiger partial charge in [0.25, 0.3) is 0 Å². The minimum absolute atomic E-state index is 0.0393. The molecule has 2 atom stereocenters. The molecule has 2 aliphatic heterocycles. The molecule has 0 bridgehead atoms. The second-order valence-electron chi connectivity index (χ2n) is 7.48. The average Bonchev–Trinajstić information content (AvgIpc) is 3.16. The van der Waals surface area contributed by atoms with Crippen LogP contribution in [0, 0.1) is 5.92 Å². The van der Waals surface area contributed by atoms with E-state index in [-0.39, 0.29) is 29.8 Å². The van der Waals surface area contributed by atoms with Gasteiger partial charge in [0.05, 0.1) is 23.5 Å². The minimum atomic E-state index is -0.346. The Morgan fingerprint density at radius 1 is 1.36 bits per heavy atom. The van der Waals surface area contributed by atoms with E-state index in [4.69, 9.17) is 4.74 Å². The number of amides is 2. The third-order valence-electron chi connectivity index (χ3n) is 5.76. The van der Waals surface area contributed by atoms with Gasteiger partial charge in [0.15, 0.2) is 0 Å². The molecule has 1 aliphatic carbocycles. The summed E-state index contributed by atoms with van der Waals surface area (Å²) in [6.07, 6.45) is 4.93. The lowest BCUT2D eigenvalue weighted by Gasteiger charge is -2.38. The second-order valence-corrected chi connectivity index (χ2v) is 7.48. The van der Waals surface area contributed by atoms with Gasteiger partial charge in [0.1, 0.15) is 6.54 Å². The predicted molar refractivity (Wildman–Crippen MR) is 88.7 cm³/mol. The van der Waals surface area contributed by atoms with Crippen LogP contribution in [0.25, 0.3) is 0 Å². The van der Waals surface area contributed by atoms with Crippen LogP contribution in [0.2, 0.25) is 0 Å². The SMILES string of the molecule is CC(=O)NC12CCOCC1CN(C(=O)Cn1nnc3c1CCCC3)C2. The zero-order chi connectivity index (χ0) is 17.4. The van der Waals surface area contributed by atoms with Gasteiger partial charge in [-0.15, -0.1) is 5.10 Å². The van der Waals surface area contributed by atoms with Crippen LogP contribution in [0.5, 0.6) is 0 Å². The fourth-order valence-corrected chi connectivity index (χ4v) is 4.47. The van der Waals surface area contributed by atoms with Crippen LogP contribution < -0.4 is 5.32 Å². The number of rotatable bonds is 3. The molecule has 3 aliphatic rings. The summed E-state index contributed by atoms with van der Waals surface area (Å²) < 4.78 is 7.35. The first-order chi connectivity index (χ1) is 12.1. The zero-order valence-electron chi connectivity index (χ0n) is 14.7. The monoisotopic (exact) mass is 347 g/mol. The molecule has 0 aromatic carbocycles. The highest BCUT2D eigenvalue weighted by atomic mass is 16.5. The van der Waals surface area contributed by atoms with Crippen molar-refractivity contribution in [3.05, 3.63) is 11.4 Å². The smallest absolute Gasteiger partial charge is 0.244 e. The van der Waals surface area contributed by atoms with Gasteiger partial charge in [-0.2, -0.15) is 0 Å². The Hall–Kier alpha value is -1.96. The summed E-state index contributed by atoms with van der Waals surface area (Å²) in [6.45, 7) is 4.14. The van der Waals surface area contributed by atoms with Gasteiger partial charge in [-0.05, 0) is 32.1 Å². The lowest BCUT2D eigenvalue weighted by atomic mass is 9.83. The summed E-state index contributed by atoms with van der Waals surface area (Å²) in [7, 11) is 0. The van der Waals surface area contributed by atoms with E-state index >= 15 is 0 Å². The van der Waals surface area contributed by atoms with Gasteiger partial charge in [0.2, 0.25) is 11.8 Å². The summed E-state index contributed by atoms with van der Waals surface area (Å²) >= 11 is 0. The van der Waals surface area contributed by atoms with Crippen molar-refractivity contribution in [1.29, 1.82) is 0 Å². The Kier molecular flexibility index (Phi) is 4.23. The highest BCUT2D eigenvalue weighted by molar-refractivity contribution is 5.78. The van der Waals surface area contributed by atoms with E-state index in [1.165, 1.54) is 6.92 Å². The highest BCUT2D eigenvalue weighted by Gasteiger charge is 2.50. The van der Waals surface area contributed by atoms with Crippen LogP contribution in [0.4, 0.5) is 0 Å². The molecule has 25 heavy (non-hydrogen) atoms. The molecule has 136 valence electrons. The van der Waals surface area contributed by atoms with E-state index in [2.05, 4.69) is 15.6 Å². The Labute approximate surface area is 146 Å². The summed E-state index contributed by atoms with van der Waals surface area (Å²) in [6, 6.07) is 0. The van der Waals surface area contributed by atoms with Crippen LogP contribution in [0.1, 0.15) is 37.6 Å². The maximum atomic E-state index is 12.9. The third kappa shape index (κ3) is 3.03. The first kappa shape index (κ1) is 16.5. The van der Waals surface area contributed by atoms with E-state index in [1.54, 1.807) is 4.68 Å². The molecular weight excluding hydrogens is 322 g/mol. The molecule has 2 amide bonds. The van der Waals surface area contributed by atoms with Crippen molar-refractivity contribution in [3.63, 3.8) is 0 Å². The molecule has 1 N–H and O–H groups in total. The quantitative estimate of drug-likeness (QED) is 0.825. The van der Waals surface area contributed by atoms with Crippen molar-refractivity contribution < 1.29 is 14.3 Å². The van der Waals surface area contributed by atoms with Crippen molar-refractivity contribution in [2.75, 3.05) is 26.3 Å². The Morgan fingerprint density at radius 2 is 2.20 bits per heavy atom. The number of ether oxygens (including phenoxy) is 1. The molecule has 3 heterocycles. The van der Waals surface area contributed by atoms with Crippen molar-refractivity contribution in [3.8, 4) is 0 Å². The van der Waals surface area contributed by atoms with E-state index in [1.807, 2.05) is 4.90 Å². The number of carbonyl (C=O) groups excluding carboxylic acids is 2. The van der Waals surface area contributed by atoms with Gasteiger partial charge in [-0.3, -0.25) is 9.59 Å². The number of nitrogens with one attached hydrogen (secondary N) is 1. The predicted octanol–water partition coefficient (Wildman–Crippen LogP) is -0.0895. The van der Waals surface area contributed by atoms with E-state index < -0.39 is 0 Å². The molecule has 1 aromatic heterocycles. The largest absolute Gasteiger partial charge is 0.381 e. The van der Waals surface area contributed by atoms with Crippen LogP contribution in [-0.4, -0.2) is 63.6 Å². The summed E-state index contributed by atoms with van der Waals surface area (Å²) in [5, 5.41) is 11.5. The third-order valence-corrected chi connectivity index (χ3v) is 5.76. The van der Waals surface area contributed by atoms with Crippen LogP contribution in [-0.2, 0) is 33.7 Å². The molecule has 2 saturated heterocycles. The number of nitrogens with zero attached hydrogens (tertiary/aromatic N) is 4. The lowest BCUT2D eigenvalue weighted by molar-refractivity contribution is -0.131. The number of hydrogen-bond acceptors (Lipinski definition) is 5. The van der Waals surface area contributed by atoms with Gasteiger partial charge >= 0.3 is 0 Å². The molecule has 1 aromatic rings. The second kappa shape index (κ2) is 6.40. The van der Waals surface area contributed by atoms with Crippen LogP contribution >= 0.6 is 0 Å². The van der Waals surface area contributed by atoms with Crippen LogP contribution in [0.15, 0.2) is 0 Å². The maximum absolute atomic E-state index is 12.9. The van der Waals surface area contributed by atoms with Gasteiger partial charge in [-0.25, -0.2) is 4.68 Å². The summed E-state index contributed by atoms with van der Waals surface area (Å²) in [5.74, 6) is 0.141. The van der Waals surface area contributed by atoms with Crippen molar-refractivity contribution >= 4 is 11.8 Å². The minimum Gasteiger partial charge on any atom is -0.381 e. The zero-order valence-corrected chi connectivity index (χ0v) is 14.7. The fourth-order valence-electron chi connectivity index (χ4n) is 4.47. The highest BCUT2D eigenvalue weighted by Crippen LogP contribution is 2.34. The van der Waals surface area contributed by atoms with Crippen molar-refractivity contribution in [1.82, 2.24) is 25.2 Å². The van der Waals surface area contributed by atoms with E-state index in [9.17, 15) is 9.59 Å². The fraction of sp³-hybridized carbons (Fsp3) is 0.765. The molecular formula is C17H25N5O3. The van der Waals surface area contributed by atoms with Crippen LogP contribution in [0.3, 0.4) is 0 Å². The lowest BCUT2D eigenvalue weighted by Crippen LogP contribution is -2.57. The van der Waals surface area contributed by atoms with Crippen molar-refractivity contribution in [2.24, 2.45) is 5.92 Å². The normalized spacial score (nSPS) is 28.4. The van der Waals surface area contributed by atoms with Crippen molar-refractivity contribution in [2.45, 2.75) is 51.1 Å². The topological polar surface area (TPSA) is 89.4 Å². The molecule has 8 nitrogen and oxygen atoms in total. The number of likely N-dealkylation sites (tertiary alicyclic amines) is 1. The molecule has 2 fully saturated rings. The summed E-state index contributed by atoms with van der Waals surface area (Å²) in [4.78, 5) is 26.4. The number of fused-ring (bicyclic) bond motifs is 2. The molecule has 0 spiro atoms. The Bertz CT molecular complexity index is 688. The summed E-state index contributed by atoms with van der Waals surface area (Å²) in [5.41, 5.74) is 1.80. The standard InChI is InChI=1S/C17H25N5O3/c1-12(23)18-17-6-7-25-10-13(17)8-21(11-17)16(24)9-22-15-5-3-2-4-14(15)19-20-22/h13H,2-11H2,1H3,(H,18,23). The molecule has 0 saturated carbocycles. The number of aryl methyl sites for hydroxylation is 1. The molecule has 8 heteroatoms. The number of hydrogen-bond donors (Lipinski definition) is 1. The first-order valence-corrected chi connectivity index (χ1v) is 9.13. The van der Waals surface area contributed by atoms with Gasteiger partial charge in [0, 0.05) is 32.5 Å². The number of aromatic nitrogens is 3. The van der Waals surface area contributed by atoms with Gasteiger partial charge < -0.3 is 15.0 Å². The molecule has 0 radical (unpaired) electrons. The first-order valence-electron chi connectivity index (χ1n) is 9.13. The molecule has 2 unspecified atom stereocenters. The van der Waals surface area contributed by atoms with E-state index in [0.717, 1.165) is 43.5 Å². The Morgan fingerprint density at radius 3 is 3.04 bits per heavy atom. The Balaban J connectivity index is 1.48.